The Morgan fingerprint density at radius 2 is 0.688 bits per heavy atom. The number of allylic oxidation sites excluding steroid dienone is 16. The third-order valence-corrected chi connectivity index (χ3v) is 7.86. The number of nitrogens with zero attached hydrogens (tertiary/aromatic N) is 2. The van der Waals surface area contributed by atoms with E-state index in [2.05, 4.69) is 145 Å². The Balaban J connectivity index is 2.28. The van der Waals surface area contributed by atoms with Crippen molar-refractivity contribution in [2.75, 3.05) is 9.80 Å². The average Bonchev–Trinajstić information content (AvgIpc) is 3.09. The van der Waals surface area contributed by atoms with Crippen LogP contribution in [-0.4, -0.2) is 0 Å². The van der Waals surface area contributed by atoms with Crippen molar-refractivity contribution in [3.63, 3.8) is 0 Å². The molecule has 0 aliphatic heterocycles. The molecule has 0 aliphatic carbocycles. The summed E-state index contributed by atoms with van der Waals surface area (Å²) in [6.45, 7) is 24.3. The lowest BCUT2D eigenvalue weighted by Gasteiger charge is -2.31. The number of rotatable bonds is 14. The summed E-state index contributed by atoms with van der Waals surface area (Å²) < 4.78 is 0. The molecule has 0 heterocycles. The predicted octanol–water partition coefficient (Wildman–Crippen LogP) is 13.3. The van der Waals surface area contributed by atoms with Crippen molar-refractivity contribution in [3.05, 3.63) is 207 Å². The first-order chi connectivity index (χ1) is 23.5. The molecule has 2 nitrogen and oxygen atoms in total. The van der Waals surface area contributed by atoms with E-state index in [4.69, 9.17) is 0 Å². The van der Waals surface area contributed by atoms with Gasteiger partial charge in [-0.25, -0.2) is 0 Å². The van der Waals surface area contributed by atoms with E-state index in [0.29, 0.717) is 0 Å². The lowest BCUT2D eigenvalue weighted by atomic mass is 9.93. The molecule has 0 N–H and O–H groups in total. The molecule has 0 aliphatic rings. The van der Waals surface area contributed by atoms with Gasteiger partial charge in [-0.3, -0.25) is 0 Å². The smallest absolute Gasteiger partial charge is 0.0546 e. The van der Waals surface area contributed by atoms with Crippen LogP contribution in [0.15, 0.2) is 207 Å². The monoisotopic (exact) mass is 626 g/mol. The Labute approximate surface area is 287 Å². The molecule has 2 heteroatoms. The van der Waals surface area contributed by atoms with Crippen LogP contribution in [0.5, 0.6) is 0 Å². The van der Waals surface area contributed by atoms with Crippen molar-refractivity contribution < 1.29 is 0 Å². The molecule has 0 saturated carbocycles. The second-order valence-electron chi connectivity index (χ2n) is 11.0. The molecular weight excluding hydrogens is 581 g/mol. The van der Waals surface area contributed by atoms with Gasteiger partial charge >= 0.3 is 0 Å². The van der Waals surface area contributed by atoms with E-state index in [1.807, 2.05) is 76.3 Å². The van der Waals surface area contributed by atoms with Crippen LogP contribution in [0.3, 0.4) is 0 Å². The highest BCUT2D eigenvalue weighted by Crippen LogP contribution is 2.44. The Bertz CT molecular complexity index is 1870. The summed E-state index contributed by atoms with van der Waals surface area (Å²) in [5.74, 6) is 0. The first-order valence-corrected chi connectivity index (χ1v) is 16.3. The van der Waals surface area contributed by atoms with Gasteiger partial charge in [-0.1, -0.05) is 123 Å². The molecular formula is C46H46N2. The third kappa shape index (κ3) is 7.24. The van der Waals surface area contributed by atoms with Gasteiger partial charge in [0.1, 0.15) is 0 Å². The van der Waals surface area contributed by atoms with Crippen LogP contribution in [-0.2, 0) is 0 Å². The van der Waals surface area contributed by atoms with Crippen molar-refractivity contribution in [3.8, 4) is 0 Å². The molecule has 0 aromatic heterocycles. The van der Waals surface area contributed by atoms with E-state index in [0.717, 1.165) is 66.5 Å². The zero-order valence-electron chi connectivity index (χ0n) is 28.7. The van der Waals surface area contributed by atoms with E-state index in [-0.39, 0.29) is 0 Å². The molecule has 0 saturated heterocycles. The maximum atomic E-state index is 4.04. The number of anilines is 2. The molecule has 0 bridgehead atoms. The summed E-state index contributed by atoms with van der Waals surface area (Å²) in [6.07, 6.45) is 32.2. The Morgan fingerprint density at radius 3 is 0.938 bits per heavy atom. The molecule has 240 valence electrons. The highest BCUT2D eigenvalue weighted by atomic mass is 15.2. The van der Waals surface area contributed by atoms with Crippen LogP contribution in [0.4, 0.5) is 11.4 Å². The highest BCUT2D eigenvalue weighted by Gasteiger charge is 2.22. The largest absolute Gasteiger partial charge is 0.310 e. The predicted molar refractivity (Wildman–Crippen MR) is 216 cm³/mol. The van der Waals surface area contributed by atoms with Crippen LogP contribution < -0.4 is 9.80 Å². The third-order valence-electron chi connectivity index (χ3n) is 7.86. The molecule has 0 spiro atoms. The summed E-state index contributed by atoms with van der Waals surface area (Å²) in [4.78, 5) is 4.57. The Hall–Kier alpha value is -5.86. The quantitative estimate of drug-likeness (QED) is 0.101. The minimum absolute atomic E-state index is 0.992. The second kappa shape index (κ2) is 17.2. The summed E-state index contributed by atoms with van der Waals surface area (Å²) in [5, 5.41) is 6.87. The van der Waals surface area contributed by atoms with Crippen molar-refractivity contribution in [1.29, 1.82) is 0 Å². The number of benzene rings is 4. The summed E-state index contributed by atoms with van der Waals surface area (Å²) >= 11 is 0. The van der Waals surface area contributed by atoms with Gasteiger partial charge in [0, 0.05) is 33.6 Å². The molecule has 4 aromatic rings. The minimum Gasteiger partial charge on any atom is -0.310 e. The van der Waals surface area contributed by atoms with Gasteiger partial charge in [0.2, 0.25) is 0 Å². The van der Waals surface area contributed by atoms with Crippen molar-refractivity contribution in [2.45, 2.75) is 27.7 Å². The number of fused-ring (bicyclic) bond motifs is 5. The Morgan fingerprint density at radius 1 is 0.417 bits per heavy atom. The first-order valence-electron chi connectivity index (χ1n) is 16.3. The summed E-state index contributed by atoms with van der Waals surface area (Å²) in [5.41, 5.74) is 6.09. The van der Waals surface area contributed by atoms with Crippen LogP contribution in [0.25, 0.3) is 32.3 Å². The SMILES string of the molecule is C=C/C=C(\C=C/C)N(C(/C=C\C)=C/C=C)c1cc2c3ccccc3c(N(C(/C=C\C)=C/C=C)C(/C=C\C)=C/C=C)cc2c2ccccc12. The average molecular weight is 627 g/mol. The second-order valence-corrected chi connectivity index (χ2v) is 11.0. The van der Waals surface area contributed by atoms with E-state index in [1.165, 1.54) is 0 Å². The van der Waals surface area contributed by atoms with Crippen molar-refractivity contribution in [1.82, 2.24) is 0 Å². The van der Waals surface area contributed by atoms with Crippen LogP contribution in [0.2, 0.25) is 0 Å². The fraction of sp³-hybridized carbons (Fsp3) is 0.0870. The van der Waals surface area contributed by atoms with E-state index < -0.39 is 0 Å². The molecule has 4 rings (SSSR count). The fourth-order valence-corrected chi connectivity index (χ4v) is 6.12. The number of hydrogen-bond acceptors (Lipinski definition) is 2. The molecule has 0 atom stereocenters. The molecule has 4 aromatic carbocycles. The standard InChI is InChI=1S/C46H46N2/c1-9-21-35(22-10-2)47(36(23-11-3)24-12-4)45-33-43-40-30-18-20-32-42(40)46(34-44(43)39-29-17-19-31-41(39)45)48(37(25-13-5)26-14-6)38(27-15-7)28-16-8/h9-34H,1,3,5,7H2,2,4,6,8H3/b22-10-,24-12-,26-14-,28-16-,35-21+,36-23+,37-25+,38-27+. The van der Waals surface area contributed by atoms with Gasteiger partial charge in [-0.15, -0.1) is 0 Å². The van der Waals surface area contributed by atoms with Gasteiger partial charge in [0.15, 0.2) is 0 Å². The molecule has 48 heavy (non-hydrogen) atoms. The van der Waals surface area contributed by atoms with Crippen LogP contribution >= 0.6 is 0 Å². The molecule has 0 radical (unpaired) electrons. The Kier molecular flexibility index (Phi) is 12.5. The van der Waals surface area contributed by atoms with Gasteiger partial charge in [0.05, 0.1) is 11.4 Å². The van der Waals surface area contributed by atoms with E-state index in [1.54, 1.807) is 0 Å². The van der Waals surface area contributed by atoms with E-state index in [9.17, 15) is 0 Å². The molecule has 0 fully saturated rings. The number of hydrogen-bond donors (Lipinski definition) is 0. The van der Waals surface area contributed by atoms with Gasteiger partial charge in [0.25, 0.3) is 0 Å². The fourth-order valence-electron chi connectivity index (χ4n) is 6.12. The normalized spacial score (nSPS) is 13.5. The first kappa shape index (κ1) is 35.0. The van der Waals surface area contributed by atoms with Crippen molar-refractivity contribution in [2.24, 2.45) is 0 Å². The van der Waals surface area contributed by atoms with Crippen LogP contribution in [0, 0.1) is 0 Å². The lowest BCUT2D eigenvalue weighted by Crippen LogP contribution is -2.21. The molecule has 0 amide bonds. The maximum absolute atomic E-state index is 4.04. The van der Waals surface area contributed by atoms with Gasteiger partial charge in [-0.2, -0.15) is 0 Å². The zero-order valence-corrected chi connectivity index (χ0v) is 28.7. The van der Waals surface area contributed by atoms with Gasteiger partial charge < -0.3 is 9.80 Å². The maximum Gasteiger partial charge on any atom is 0.0546 e. The summed E-state index contributed by atoms with van der Waals surface area (Å²) in [7, 11) is 0. The van der Waals surface area contributed by atoms with E-state index >= 15 is 0 Å². The highest BCUT2D eigenvalue weighted by molar-refractivity contribution is 6.24. The van der Waals surface area contributed by atoms with Gasteiger partial charge in [-0.05, 0) is 110 Å². The van der Waals surface area contributed by atoms with Crippen molar-refractivity contribution >= 4 is 43.7 Å². The summed E-state index contributed by atoms with van der Waals surface area (Å²) in [6, 6.07) is 22.0. The molecule has 0 unspecified atom stereocenters. The minimum atomic E-state index is 0.992. The zero-order chi connectivity index (χ0) is 34.5. The van der Waals surface area contributed by atoms with Crippen LogP contribution in [0.1, 0.15) is 27.7 Å². The topological polar surface area (TPSA) is 6.48 Å². The lowest BCUT2D eigenvalue weighted by molar-refractivity contribution is 1.15.